The number of anilines is 2. The van der Waals surface area contributed by atoms with Gasteiger partial charge in [-0.1, -0.05) is 30.3 Å². The van der Waals surface area contributed by atoms with Gasteiger partial charge >= 0.3 is 0 Å². The van der Waals surface area contributed by atoms with E-state index in [4.69, 9.17) is 5.73 Å². The molecule has 1 aromatic heterocycles. The molecule has 0 bridgehead atoms. The Morgan fingerprint density at radius 1 is 1.10 bits per heavy atom. The zero-order valence-corrected chi connectivity index (χ0v) is 11.9. The highest BCUT2D eigenvalue weighted by Crippen LogP contribution is 2.34. The number of nitrogens with zero attached hydrogens (tertiary/aromatic N) is 2. The predicted molar refractivity (Wildman–Crippen MR) is 83.7 cm³/mol. The molecule has 3 heteroatoms. The number of pyridine rings is 1. The van der Waals surface area contributed by atoms with Gasteiger partial charge in [-0.2, -0.15) is 0 Å². The topological polar surface area (TPSA) is 42.1 Å². The van der Waals surface area contributed by atoms with Crippen LogP contribution in [0.25, 0.3) is 11.1 Å². The van der Waals surface area contributed by atoms with Crippen molar-refractivity contribution in [3.63, 3.8) is 0 Å². The molecule has 20 heavy (non-hydrogen) atoms. The highest BCUT2D eigenvalue weighted by molar-refractivity contribution is 5.78. The third kappa shape index (κ3) is 2.36. The van der Waals surface area contributed by atoms with Crippen LogP contribution in [0.15, 0.2) is 30.3 Å². The van der Waals surface area contributed by atoms with Crippen LogP contribution in [0.1, 0.15) is 24.8 Å². The second-order valence-corrected chi connectivity index (χ2v) is 5.37. The molecule has 2 aromatic rings. The standard InChI is InChI=1S/C17H20N3/c1-13-15(14-8-4-2-5-9-14)12-19-17(18)16(13)20-10-6-3-7-11-20/h2,4-5,8-9H,3,6-7,10-11H2,1H3,(H2,18,19). The fourth-order valence-electron chi connectivity index (χ4n) is 2.97. The first-order valence-corrected chi connectivity index (χ1v) is 7.25. The van der Waals surface area contributed by atoms with Crippen LogP contribution >= 0.6 is 0 Å². The van der Waals surface area contributed by atoms with Gasteiger partial charge in [0.15, 0.2) is 0 Å². The van der Waals surface area contributed by atoms with Crippen LogP contribution in [0.4, 0.5) is 11.5 Å². The zero-order chi connectivity index (χ0) is 13.9. The summed E-state index contributed by atoms with van der Waals surface area (Å²) in [6.45, 7) is 4.27. The molecule has 1 saturated heterocycles. The maximum Gasteiger partial charge on any atom is 0.148 e. The van der Waals surface area contributed by atoms with Crippen LogP contribution in [-0.4, -0.2) is 18.1 Å². The summed E-state index contributed by atoms with van der Waals surface area (Å²) >= 11 is 0. The van der Waals surface area contributed by atoms with Crippen molar-refractivity contribution >= 4 is 11.5 Å². The average molecular weight is 266 g/mol. The number of aromatic nitrogens is 1. The molecule has 0 saturated carbocycles. The maximum absolute atomic E-state index is 6.12. The van der Waals surface area contributed by atoms with Crippen molar-refractivity contribution in [1.82, 2.24) is 4.98 Å². The van der Waals surface area contributed by atoms with E-state index >= 15 is 0 Å². The fraction of sp³-hybridized carbons (Fsp3) is 0.353. The number of hydrogen-bond donors (Lipinski definition) is 1. The molecule has 2 N–H and O–H groups in total. The van der Waals surface area contributed by atoms with Gasteiger partial charge in [-0.25, -0.2) is 4.98 Å². The molecule has 0 aliphatic carbocycles. The van der Waals surface area contributed by atoms with Gasteiger partial charge in [0.1, 0.15) is 12.0 Å². The second kappa shape index (κ2) is 5.53. The van der Waals surface area contributed by atoms with Crippen molar-refractivity contribution < 1.29 is 0 Å². The lowest BCUT2D eigenvalue weighted by Gasteiger charge is -2.31. The minimum absolute atomic E-state index is 0.601. The van der Waals surface area contributed by atoms with Crippen molar-refractivity contribution in [2.45, 2.75) is 26.2 Å². The van der Waals surface area contributed by atoms with Gasteiger partial charge in [0.05, 0.1) is 5.69 Å². The van der Waals surface area contributed by atoms with Crippen molar-refractivity contribution in [1.29, 1.82) is 0 Å². The lowest BCUT2D eigenvalue weighted by Crippen LogP contribution is -2.31. The lowest BCUT2D eigenvalue weighted by molar-refractivity contribution is 0.577. The molecule has 1 aliphatic heterocycles. The molecule has 1 aliphatic rings. The zero-order valence-electron chi connectivity index (χ0n) is 11.9. The molecule has 1 fully saturated rings. The van der Waals surface area contributed by atoms with Crippen LogP contribution < -0.4 is 10.6 Å². The minimum Gasteiger partial charge on any atom is -0.382 e. The molecule has 0 spiro atoms. The monoisotopic (exact) mass is 266 g/mol. The number of hydrogen-bond acceptors (Lipinski definition) is 3. The second-order valence-electron chi connectivity index (χ2n) is 5.37. The Morgan fingerprint density at radius 2 is 1.80 bits per heavy atom. The predicted octanol–water partition coefficient (Wildman–Crippen LogP) is 3.43. The van der Waals surface area contributed by atoms with Crippen LogP contribution in [0, 0.1) is 13.1 Å². The number of benzene rings is 1. The summed E-state index contributed by atoms with van der Waals surface area (Å²) in [4.78, 5) is 6.68. The van der Waals surface area contributed by atoms with Crippen molar-refractivity contribution in [2.75, 3.05) is 23.7 Å². The van der Waals surface area contributed by atoms with Crippen molar-refractivity contribution in [3.05, 3.63) is 42.1 Å². The Bertz CT molecular complexity index is 587. The maximum atomic E-state index is 6.12. The summed E-state index contributed by atoms with van der Waals surface area (Å²) in [6.07, 6.45) is 6.88. The summed E-state index contributed by atoms with van der Waals surface area (Å²) in [5.41, 5.74) is 10.6. The summed E-state index contributed by atoms with van der Waals surface area (Å²) in [6, 6.07) is 10.3. The van der Waals surface area contributed by atoms with Crippen LogP contribution in [-0.2, 0) is 0 Å². The number of nitrogen functional groups attached to an aromatic ring is 1. The van der Waals surface area contributed by atoms with Gasteiger partial charge in [0, 0.05) is 18.7 Å². The largest absolute Gasteiger partial charge is 0.382 e. The molecule has 3 rings (SSSR count). The Balaban J connectivity index is 2.06. The van der Waals surface area contributed by atoms with Crippen LogP contribution in [0.2, 0.25) is 0 Å². The first-order chi connectivity index (χ1) is 9.77. The molecule has 0 atom stereocenters. The fourth-order valence-corrected chi connectivity index (χ4v) is 2.97. The third-order valence-electron chi connectivity index (χ3n) is 4.00. The highest BCUT2D eigenvalue weighted by atomic mass is 15.2. The van der Waals surface area contributed by atoms with E-state index in [1.54, 1.807) is 0 Å². The Kier molecular flexibility index (Phi) is 3.59. The smallest absolute Gasteiger partial charge is 0.148 e. The SMILES string of the molecule is Cc1c(-c2ccccc2)[c]nc(N)c1N1CCCCC1. The first kappa shape index (κ1) is 13.0. The van der Waals surface area contributed by atoms with Gasteiger partial charge < -0.3 is 10.6 Å². The van der Waals surface area contributed by atoms with Gasteiger partial charge in [0.2, 0.25) is 0 Å². The van der Waals surface area contributed by atoms with Gasteiger partial charge in [-0.3, -0.25) is 0 Å². The first-order valence-electron chi connectivity index (χ1n) is 7.25. The molecule has 1 aromatic carbocycles. The summed E-state index contributed by atoms with van der Waals surface area (Å²) < 4.78 is 0. The third-order valence-corrected chi connectivity index (χ3v) is 4.00. The Labute approximate surface area is 120 Å². The summed E-state index contributed by atoms with van der Waals surface area (Å²) in [5, 5.41) is 0. The summed E-state index contributed by atoms with van der Waals surface area (Å²) in [5.74, 6) is 0.601. The molecule has 1 radical (unpaired) electrons. The Hall–Kier alpha value is -2.03. The van der Waals surface area contributed by atoms with E-state index in [1.165, 1.54) is 24.8 Å². The number of piperidine rings is 1. The molecule has 0 amide bonds. The summed E-state index contributed by atoms with van der Waals surface area (Å²) in [7, 11) is 0. The average Bonchev–Trinajstić information content (AvgIpc) is 2.49. The van der Waals surface area contributed by atoms with E-state index in [2.05, 4.69) is 35.1 Å². The molecule has 2 heterocycles. The van der Waals surface area contributed by atoms with E-state index in [0.717, 1.165) is 29.9 Å². The quantitative estimate of drug-likeness (QED) is 0.905. The lowest BCUT2D eigenvalue weighted by atomic mass is 10.00. The van der Waals surface area contributed by atoms with E-state index in [1.807, 2.05) is 18.2 Å². The molecular weight excluding hydrogens is 246 g/mol. The number of nitrogens with two attached hydrogens (primary N) is 1. The normalized spacial score (nSPS) is 15.3. The van der Waals surface area contributed by atoms with E-state index < -0.39 is 0 Å². The Morgan fingerprint density at radius 3 is 2.50 bits per heavy atom. The highest BCUT2D eigenvalue weighted by Gasteiger charge is 2.19. The van der Waals surface area contributed by atoms with Gasteiger partial charge in [0.25, 0.3) is 0 Å². The van der Waals surface area contributed by atoms with Gasteiger partial charge in [-0.05, 0) is 37.3 Å². The van der Waals surface area contributed by atoms with E-state index in [9.17, 15) is 0 Å². The van der Waals surface area contributed by atoms with E-state index in [-0.39, 0.29) is 0 Å². The van der Waals surface area contributed by atoms with Gasteiger partial charge in [-0.15, -0.1) is 0 Å². The molecular formula is C17H20N3. The van der Waals surface area contributed by atoms with Crippen molar-refractivity contribution in [2.24, 2.45) is 0 Å². The minimum atomic E-state index is 0.601. The van der Waals surface area contributed by atoms with Crippen molar-refractivity contribution in [3.8, 4) is 11.1 Å². The van der Waals surface area contributed by atoms with Crippen LogP contribution in [0.5, 0.6) is 0 Å². The number of rotatable bonds is 2. The molecule has 103 valence electrons. The molecule has 0 unspecified atom stereocenters. The van der Waals surface area contributed by atoms with E-state index in [0.29, 0.717) is 5.82 Å². The molecule has 3 nitrogen and oxygen atoms in total. The van der Waals surface area contributed by atoms with Crippen LogP contribution in [0.3, 0.4) is 0 Å².